The number of hydrogen-bond acceptors (Lipinski definition) is 5. The maximum Gasteiger partial charge on any atom is 0.254 e. The van der Waals surface area contributed by atoms with Gasteiger partial charge < -0.3 is 14.6 Å². The molecule has 2 aromatic heterocycles. The average Bonchev–Trinajstić information content (AvgIpc) is 3.51. The second-order valence-electron chi connectivity index (χ2n) is 7.22. The van der Waals surface area contributed by atoms with Gasteiger partial charge in [0.1, 0.15) is 5.76 Å². The number of piperidine rings is 1. The van der Waals surface area contributed by atoms with Crippen molar-refractivity contribution in [1.82, 2.24) is 10.2 Å². The predicted octanol–water partition coefficient (Wildman–Crippen LogP) is 3.74. The van der Waals surface area contributed by atoms with Crippen LogP contribution in [0.15, 0.2) is 64.6 Å². The molecule has 3 aromatic rings. The standard InChI is InChI=1S/C23H22N2O4S/c26-21(20-8-4-14-30-20)18-6-1-2-7-19(18)23(28)25-11-9-16(10-12-25)22(27)24-15-17-5-3-13-29-17/h1-8,13-14,16H,9-12,15H2,(H,24,27). The first-order valence-electron chi connectivity index (χ1n) is 9.90. The summed E-state index contributed by atoms with van der Waals surface area (Å²) in [7, 11) is 0. The lowest BCUT2D eigenvalue weighted by atomic mass is 9.94. The highest BCUT2D eigenvalue weighted by Crippen LogP contribution is 2.23. The van der Waals surface area contributed by atoms with Gasteiger partial charge in [-0.1, -0.05) is 24.3 Å². The van der Waals surface area contributed by atoms with Gasteiger partial charge >= 0.3 is 0 Å². The number of carbonyl (C=O) groups excluding carboxylic acids is 3. The molecule has 3 heterocycles. The van der Waals surface area contributed by atoms with Crippen molar-refractivity contribution in [2.75, 3.05) is 13.1 Å². The minimum Gasteiger partial charge on any atom is -0.467 e. The fraction of sp³-hybridized carbons (Fsp3) is 0.261. The van der Waals surface area contributed by atoms with Gasteiger partial charge in [0.15, 0.2) is 0 Å². The molecule has 30 heavy (non-hydrogen) atoms. The third-order valence-corrected chi connectivity index (χ3v) is 6.19. The first-order chi connectivity index (χ1) is 14.6. The lowest BCUT2D eigenvalue weighted by Gasteiger charge is -2.31. The summed E-state index contributed by atoms with van der Waals surface area (Å²) in [5.74, 6) is 0.257. The highest BCUT2D eigenvalue weighted by Gasteiger charge is 2.29. The Balaban J connectivity index is 1.38. The summed E-state index contributed by atoms with van der Waals surface area (Å²) in [5.41, 5.74) is 0.833. The van der Waals surface area contributed by atoms with E-state index < -0.39 is 0 Å². The van der Waals surface area contributed by atoms with E-state index in [1.165, 1.54) is 11.3 Å². The van der Waals surface area contributed by atoms with Crippen molar-refractivity contribution in [2.24, 2.45) is 5.92 Å². The number of ketones is 1. The number of amides is 2. The molecule has 0 unspecified atom stereocenters. The first kappa shape index (κ1) is 20.1. The molecule has 1 N–H and O–H groups in total. The Kier molecular flexibility index (Phi) is 6.09. The van der Waals surface area contributed by atoms with Crippen molar-refractivity contribution in [2.45, 2.75) is 19.4 Å². The van der Waals surface area contributed by atoms with Crippen molar-refractivity contribution in [3.8, 4) is 0 Å². The minimum absolute atomic E-state index is 0.0215. The number of benzene rings is 1. The number of nitrogens with one attached hydrogen (secondary N) is 1. The van der Waals surface area contributed by atoms with Crippen LogP contribution in [0.3, 0.4) is 0 Å². The van der Waals surface area contributed by atoms with E-state index in [-0.39, 0.29) is 23.5 Å². The maximum absolute atomic E-state index is 13.1. The molecule has 0 radical (unpaired) electrons. The van der Waals surface area contributed by atoms with Gasteiger partial charge in [0, 0.05) is 24.6 Å². The number of hydrogen-bond donors (Lipinski definition) is 1. The fourth-order valence-corrected chi connectivity index (χ4v) is 4.33. The van der Waals surface area contributed by atoms with Crippen molar-refractivity contribution in [3.63, 3.8) is 0 Å². The van der Waals surface area contributed by atoms with Crippen LogP contribution in [0.4, 0.5) is 0 Å². The molecule has 0 aliphatic carbocycles. The van der Waals surface area contributed by atoms with Gasteiger partial charge in [-0.15, -0.1) is 11.3 Å². The molecule has 1 aliphatic heterocycles. The van der Waals surface area contributed by atoms with Crippen LogP contribution < -0.4 is 5.32 Å². The molecule has 1 fully saturated rings. The fourth-order valence-electron chi connectivity index (χ4n) is 3.65. The summed E-state index contributed by atoms with van der Waals surface area (Å²) in [4.78, 5) is 40.7. The van der Waals surface area contributed by atoms with E-state index in [0.29, 0.717) is 54.2 Å². The molecular weight excluding hydrogens is 400 g/mol. The molecular formula is C23H22N2O4S. The quantitative estimate of drug-likeness (QED) is 0.614. The summed E-state index contributed by atoms with van der Waals surface area (Å²) in [6, 6.07) is 14.1. The van der Waals surface area contributed by atoms with E-state index >= 15 is 0 Å². The van der Waals surface area contributed by atoms with E-state index in [2.05, 4.69) is 5.32 Å². The van der Waals surface area contributed by atoms with E-state index in [0.717, 1.165) is 0 Å². The Labute approximate surface area is 178 Å². The zero-order valence-electron chi connectivity index (χ0n) is 16.4. The van der Waals surface area contributed by atoms with Gasteiger partial charge in [-0.05, 0) is 42.5 Å². The van der Waals surface area contributed by atoms with E-state index in [1.807, 2.05) is 17.5 Å². The van der Waals surface area contributed by atoms with Crippen LogP contribution in [0.25, 0.3) is 0 Å². The number of furan rings is 1. The van der Waals surface area contributed by atoms with E-state index in [9.17, 15) is 14.4 Å². The second-order valence-corrected chi connectivity index (χ2v) is 8.16. The first-order valence-corrected chi connectivity index (χ1v) is 10.8. The molecule has 1 saturated heterocycles. The smallest absolute Gasteiger partial charge is 0.254 e. The van der Waals surface area contributed by atoms with Crippen molar-refractivity contribution in [3.05, 3.63) is 81.9 Å². The van der Waals surface area contributed by atoms with Crippen molar-refractivity contribution < 1.29 is 18.8 Å². The largest absolute Gasteiger partial charge is 0.467 e. The summed E-state index contributed by atoms with van der Waals surface area (Å²) >= 11 is 1.36. The highest BCUT2D eigenvalue weighted by atomic mass is 32.1. The Hall–Kier alpha value is -3.19. The highest BCUT2D eigenvalue weighted by molar-refractivity contribution is 7.12. The van der Waals surface area contributed by atoms with Crippen molar-refractivity contribution in [1.29, 1.82) is 0 Å². The number of rotatable bonds is 6. The molecule has 0 saturated carbocycles. The molecule has 1 aromatic carbocycles. The molecule has 0 bridgehead atoms. The van der Waals surface area contributed by atoms with Crippen LogP contribution in [-0.2, 0) is 11.3 Å². The lowest BCUT2D eigenvalue weighted by molar-refractivity contribution is -0.126. The van der Waals surface area contributed by atoms with E-state index in [1.54, 1.807) is 47.6 Å². The Bertz CT molecular complexity index is 1020. The van der Waals surface area contributed by atoms with Gasteiger partial charge in [0.05, 0.1) is 23.2 Å². The van der Waals surface area contributed by atoms with Gasteiger partial charge in [-0.25, -0.2) is 0 Å². The SMILES string of the molecule is O=C(c1cccs1)c1ccccc1C(=O)N1CCC(C(=O)NCc2ccco2)CC1. The van der Waals surface area contributed by atoms with Crippen LogP contribution in [0.5, 0.6) is 0 Å². The molecule has 154 valence electrons. The van der Waals surface area contributed by atoms with Crippen molar-refractivity contribution >= 4 is 28.9 Å². The molecule has 2 amide bonds. The lowest BCUT2D eigenvalue weighted by Crippen LogP contribution is -2.43. The molecule has 6 nitrogen and oxygen atoms in total. The van der Waals surface area contributed by atoms with Gasteiger partial charge in [0.2, 0.25) is 11.7 Å². The van der Waals surface area contributed by atoms with Crippen LogP contribution in [0.2, 0.25) is 0 Å². The zero-order valence-corrected chi connectivity index (χ0v) is 17.2. The topological polar surface area (TPSA) is 79.6 Å². The molecule has 1 aliphatic rings. The molecule has 0 atom stereocenters. The molecule has 0 spiro atoms. The van der Waals surface area contributed by atoms with E-state index in [4.69, 9.17) is 4.42 Å². The summed E-state index contributed by atoms with van der Waals surface area (Å²) in [6.07, 6.45) is 2.76. The maximum atomic E-state index is 13.1. The third-order valence-electron chi connectivity index (χ3n) is 5.32. The number of carbonyl (C=O) groups is 3. The summed E-state index contributed by atoms with van der Waals surface area (Å²) in [6.45, 7) is 1.33. The number of nitrogens with zero attached hydrogens (tertiary/aromatic N) is 1. The average molecular weight is 423 g/mol. The molecule has 4 rings (SSSR count). The van der Waals surface area contributed by atoms with Gasteiger partial charge in [0.25, 0.3) is 5.91 Å². The third kappa shape index (κ3) is 4.36. The predicted molar refractivity (Wildman–Crippen MR) is 113 cm³/mol. The Morgan fingerprint density at radius 2 is 1.77 bits per heavy atom. The van der Waals surface area contributed by atoms with Gasteiger partial charge in [-0.2, -0.15) is 0 Å². The van der Waals surface area contributed by atoms with Crippen LogP contribution in [0, 0.1) is 5.92 Å². The van der Waals surface area contributed by atoms with Gasteiger partial charge in [-0.3, -0.25) is 14.4 Å². The monoisotopic (exact) mass is 422 g/mol. The van der Waals surface area contributed by atoms with Crippen LogP contribution in [-0.4, -0.2) is 35.6 Å². The van der Waals surface area contributed by atoms with Crippen LogP contribution >= 0.6 is 11.3 Å². The molecule has 7 heteroatoms. The van der Waals surface area contributed by atoms with Crippen LogP contribution in [0.1, 0.15) is 44.2 Å². The summed E-state index contributed by atoms with van der Waals surface area (Å²) in [5, 5.41) is 4.74. The number of thiophene rings is 1. The minimum atomic E-state index is -0.162. The summed E-state index contributed by atoms with van der Waals surface area (Å²) < 4.78 is 5.23. The zero-order chi connectivity index (χ0) is 20.9. The Morgan fingerprint density at radius 1 is 1.00 bits per heavy atom. The Morgan fingerprint density at radius 3 is 2.43 bits per heavy atom. The number of likely N-dealkylation sites (tertiary alicyclic amines) is 1. The normalized spacial score (nSPS) is 14.5. The second kappa shape index (κ2) is 9.09.